The van der Waals surface area contributed by atoms with Gasteiger partial charge in [0.15, 0.2) is 11.5 Å². The highest BCUT2D eigenvalue weighted by molar-refractivity contribution is 5.84. The van der Waals surface area contributed by atoms with E-state index in [-0.39, 0.29) is 0 Å². The van der Waals surface area contributed by atoms with Crippen LogP contribution in [0.25, 0.3) is 10.9 Å². The van der Waals surface area contributed by atoms with E-state index in [2.05, 4.69) is 53.0 Å². The van der Waals surface area contributed by atoms with Crippen molar-refractivity contribution in [1.29, 1.82) is 0 Å². The summed E-state index contributed by atoms with van der Waals surface area (Å²) in [6, 6.07) is 12.6. The van der Waals surface area contributed by atoms with E-state index in [1.807, 2.05) is 53.7 Å². The molecule has 0 radical (unpaired) electrons. The van der Waals surface area contributed by atoms with Crippen LogP contribution in [0.3, 0.4) is 0 Å². The highest BCUT2D eigenvalue weighted by Gasteiger charge is 2.11. The first-order chi connectivity index (χ1) is 20.0. The Bertz CT molecular complexity index is 1090. The predicted molar refractivity (Wildman–Crippen MR) is 178 cm³/mol. The number of benzene rings is 2. The van der Waals surface area contributed by atoms with E-state index in [0.717, 1.165) is 53.4 Å². The molecule has 2 heterocycles. The highest BCUT2D eigenvalue weighted by atomic mass is 16.5. The van der Waals surface area contributed by atoms with Gasteiger partial charge in [0.1, 0.15) is 5.82 Å². The summed E-state index contributed by atoms with van der Waals surface area (Å²) in [5.41, 5.74) is 4.67. The first-order valence-electron chi connectivity index (χ1n) is 16.2. The van der Waals surface area contributed by atoms with E-state index in [9.17, 15) is 0 Å². The molecule has 0 atom stereocenters. The Balaban J connectivity index is 0.000000541. The lowest BCUT2D eigenvalue weighted by molar-refractivity contribution is 0.223. The maximum absolute atomic E-state index is 6.02. The van der Waals surface area contributed by atoms with Crippen LogP contribution in [0.1, 0.15) is 109 Å². The van der Waals surface area contributed by atoms with Crippen molar-refractivity contribution in [2.45, 2.75) is 113 Å². The monoisotopic (exact) mass is 565 g/mol. The van der Waals surface area contributed by atoms with Crippen molar-refractivity contribution in [2.75, 3.05) is 33.4 Å². The summed E-state index contributed by atoms with van der Waals surface area (Å²) in [5.74, 6) is 2.31. The van der Waals surface area contributed by atoms with Gasteiger partial charge in [0.25, 0.3) is 0 Å². The summed E-state index contributed by atoms with van der Waals surface area (Å²) >= 11 is 0. The van der Waals surface area contributed by atoms with Gasteiger partial charge in [-0.3, -0.25) is 0 Å². The lowest BCUT2D eigenvalue weighted by Crippen LogP contribution is -2.30. The number of hydrogen-bond donors (Lipinski definition) is 0. The Morgan fingerprint density at radius 2 is 1.46 bits per heavy atom. The molecule has 0 unspecified atom stereocenters. The largest absolute Gasteiger partial charge is 0.493 e. The number of fused-ring (bicyclic) bond motifs is 1. The van der Waals surface area contributed by atoms with Gasteiger partial charge in [0.2, 0.25) is 0 Å². The van der Waals surface area contributed by atoms with Gasteiger partial charge in [-0.2, -0.15) is 0 Å². The van der Waals surface area contributed by atoms with E-state index in [0.29, 0.717) is 0 Å². The number of ether oxygens (including phenoxy) is 2. The molecule has 0 amide bonds. The maximum Gasteiger partial charge on any atom is 0.163 e. The van der Waals surface area contributed by atoms with Crippen LogP contribution in [0.5, 0.6) is 11.5 Å². The molecule has 0 spiro atoms. The van der Waals surface area contributed by atoms with Gasteiger partial charge in [0, 0.05) is 17.1 Å². The van der Waals surface area contributed by atoms with Crippen LogP contribution in [0.2, 0.25) is 0 Å². The number of aromatic nitrogens is 2. The van der Waals surface area contributed by atoms with E-state index in [1.54, 1.807) is 7.11 Å². The molecule has 4 rings (SSSR count). The summed E-state index contributed by atoms with van der Waals surface area (Å²) < 4.78 is 11.5. The third-order valence-electron chi connectivity index (χ3n) is 7.10. The van der Waals surface area contributed by atoms with Crippen LogP contribution in [-0.4, -0.2) is 48.2 Å². The molecule has 0 aliphatic carbocycles. The zero-order valence-electron chi connectivity index (χ0n) is 27.8. The summed E-state index contributed by atoms with van der Waals surface area (Å²) in [4.78, 5) is 11.6. The van der Waals surface area contributed by atoms with Crippen LogP contribution < -0.4 is 9.47 Å². The van der Waals surface area contributed by atoms with Gasteiger partial charge in [-0.05, 0) is 84.1 Å². The second-order valence-corrected chi connectivity index (χ2v) is 10.2. The van der Waals surface area contributed by atoms with Crippen molar-refractivity contribution >= 4 is 10.9 Å². The molecule has 230 valence electrons. The number of rotatable bonds is 11. The summed E-state index contributed by atoms with van der Waals surface area (Å²) in [6.07, 6.45) is 11.6. The van der Waals surface area contributed by atoms with Crippen molar-refractivity contribution in [3.63, 3.8) is 0 Å². The van der Waals surface area contributed by atoms with E-state index >= 15 is 0 Å². The Morgan fingerprint density at radius 1 is 0.780 bits per heavy atom. The lowest BCUT2D eigenvalue weighted by Gasteiger charge is -2.26. The van der Waals surface area contributed by atoms with Crippen molar-refractivity contribution in [2.24, 2.45) is 0 Å². The summed E-state index contributed by atoms with van der Waals surface area (Å²) in [5, 5.41) is 1.02. The second-order valence-electron chi connectivity index (χ2n) is 10.2. The molecule has 3 aromatic rings. The normalized spacial score (nSPS) is 12.7. The highest BCUT2D eigenvalue weighted by Crippen LogP contribution is 2.32. The molecule has 41 heavy (non-hydrogen) atoms. The quantitative estimate of drug-likeness (QED) is 0.217. The molecule has 1 fully saturated rings. The fourth-order valence-electron chi connectivity index (χ4n) is 4.97. The molecule has 0 N–H and O–H groups in total. The minimum absolute atomic E-state index is 0.719. The SMILES string of the molecule is CC.CC.CCc1cccc(C)c1.COc1cc2c(C)nc(C)nc2cc1OCCCCCCCN1CCCCC1. The molecule has 0 bridgehead atoms. The second kappa shape index (κ2) is 22.0. The number of likely N-dealkylation sites (tertiary alicyclic amines) is 1. The molecule has 5 heteroatoms. The van der Waals surface area contributed by atoms with Gasteiger partial charge in [-0.25, -0.2) is 9.97 Å². The molecular formula is C36H59N3O2. The van der Waals surface area contributed by atoms with E-state index in [1.165, 1.54) is 75.7 Å². The van der Waals surface area contributed by atoms with Gasteiger partial charge < -0.3 is 14.4 Å². The zero-order chi connectivity index (χ0) is 30.5. The van der Waals surface area contributed by atoms with Crippen molar-refractivity contribution in [1.82, 2.24) is 14.9 Å². The van der Waals surface area contributed by atoms with E-state index < -0.39 is 0 Å². The number of unbranched alkanes of at least 4 members (excludes halogenated alkanes) is 4. The van der Waals surface area contributed by atoms with Crippen molar-refractivity contribution in [3.8, 4) is 11.5 Å². The number of methoxy groups -OCH3 is 1. The summed E-state index contributed by atoms with van der Waals surface area (Å²) in [6.45, 7) is 20.8. The Morgan fingerprint density at radius 3 is 2.10 bits per heavy atom. The third-order valence-corrected chi connectivity index (χ3v) is 7.10. The van der Waals surface area contributed by atoms with Gasteiger partial charge in [-0.15, -0.1) is 0 Å². The van der Waals surface area contributed by atoms with Gasteiger partial charge >= 0.3 is 0 Å². The molecule has 1 aliphatic rings. The minimum atomic E-state index is 0.719. The molecule has 2 aromatic carbocycles. The average molecular weight is 566 g/mol. The third kappa shape index (κ3) is 13.7. The predicted octanol–water partition coefficient (Wildman–Crippen LogP) is 9.68. The van der Waals surface area contributed by atoms with Crippen LogP contribution in [0.4, 0.5) is 0 Å². The van der Waals surface area contributed by atoms with Crippen LogP contribution >= 0.6 is 0 Å². The first kappa shape index (κ1) is 36.4. The fourth-order valence-corrected chi connectivity index (χ4v) is 4.97. The minimum Gasteiger partial charge on any atom is -0.493 e. The smallest absolute Gasteiger partial charge is 0.163 e. The lowest BCUT2D eigenvalue weighted by atomic mass is 10.1. The standard InChI is InChI=1S/C23H35N3O2.C9H12.2C2H6/c1-18-20-16-22(27-3)23(17-21(20)25-19(2)24-18)28-15-11-6-4-5-8-12-26-13-9-7-10-14-26;1-3-9-6-4-5-8(2)7-9;2*1-2/h16-17H,4-15H2,1-3H3;4-7H,3H2,1-2H3;2*1-2H3. The number of nitrogens with zero attached hydrogens (tertiary/aromatic N) is 3. The molecule has 0 saturated carbocycles. The first-order valence-corrected chi connectivity index (χ1v) is 16.2. The van der Waals surface area contributed by atoms with Crippen LogP contribution in [-0.2, 0) is 6.42 Å². The molecule has 1 aliphatic heterocycles. The van der Waals surface area contributed by atoms with Crippen LogP contribution in [0, 0.1) is 20.8 Å². The molecular weight excluding hydrogens is 506 g/mol. The zero-order valence-corrected chi connectivity index (χ0v) is 27.8. The van der Waals surface area contributed by atoms with E-state index in [4.69, 9.17) is 9.47 Å². The van der Waals surface area contributed by atoms with Gasteiger partial charge in [-0.1, -0.05) is 90.1 Å². The van der Waals surface area contributed by atoms with Gasteiger partial charge in [0.05, 0.1) is 19.2 Å². The molecule has 1 aromatic heterocycles. The fraction of sp³-hybridized carbons (Fsp3) is 0.611. The number of aryl methyl sites for hydroxylation is 4. The average Bonchev–Trinajstić information content (AvgIpc) is 3.01. The van der Waals surface area contributed by atoms with Crippen LogP contribution in [0.15, 0.2) is 36.4 Å². The topological polar surface area (TPSA) is 47.5 Å². The maximum atomic E-state index is 6.02. The Kier molecular flexibility index (Phi) is 19.5. The van der Waals surface area contributed by atoms with Crippen molar-refractivity contribution in [3.05, 3.63) is 59.0 Å². The van der Waals surface area contributed by atoms with Crippen molar-refractivity contribution < 1.29 is 9.47 Å². The Hall–Kier alpha value is -2.66. The molecule has 5 nitrogen and oxygen atoms in total. The summed E-state index contributed by atoms with van der Waals surface area (Å²) in [7, 11) is 1.68. The Labute approximate surface area is 252 Å². The molecule has 1 saturated heterocycles. The number of piperidine rings is 1. The number of hydrogen-bond acceptors (Lipinski definition) is 5.